The van der Waals surface area contributed by atoms with Crippen molar-refractivity contribution in [2.45, 2.75) is 19.4 Å². The van der Waals surface area contributed by atoms with Gasteiger partial charge in [-0.2, -0.15) is 0 Å². The highest BCUT2D eigenvalue weighted by molar-refractivity contribution is 6.45. The van der Waals surface area contributed by atoms with Crippen molar-refractivity contribution < 1.29 is 10.0 Å². The van der Waals surface area contributed by atoms with Gasteiger partial charge in [0.05, 0.1) is 0 Å². The molecule has 98 valence electrons. The van der Waals surface area contributed by atoms with Gasteiger partial charge < -0.3 is 5.21 Å². The first-order valence-electron chi connectivity index (χ1n) is 6.60. The van der Waals surface area contributed by atoms with Gasteiger partial charge in [0.25, 0.3) is 5.91 Å². The molecule has 0 unspecified atom stereocenters. The van der Waals surface area contributed by atoms with Gasteiger partial charge in [-0.3, -0.25) is 9.80 Å². The van der Waals surface area contributed by atoms with Crippen LogP contribution in [0.4, 0.5) is 0 Å². The van der Waals surface area contributed by atoms with Crippen molar-refractivity contribution in [1.29, 1.82) is 0 Å². The minimum atomic E-state index is -0.184. The number of fused-ring (bicyclic) bond motifs is 2. The average Bonchev–Trinajstić information content (AvgIpc) is 3.08. The Morgan fingerprint density at radius 3 is 2.74 bits per heavy atom. The zero-order valence-electron chi connectivity index (χ0n) is 10.5. The van der Waals surface area contributed by atoms with Gasteiger partial charge in [-0.1, -0.05) is 29.4 Å². The van der Waals surface area contributed by atoms with E-state index in [1.807, 2.05) is 24.3 Å². The molecular weight excluding hydrogens is 242 g/mol. The molecule has 1 spiro atoms. The van der Waals surface area contributed by atoms with Crippen LogP contribution in [0.3, 0.4) is 0 Å². The molecule has 1 amide bonds. The zero-order chi connectivity index (χ0) is 13.0. The van der Waals surface area contributed by atoms with Crippen molar-refractivity contribution in [2.24, 2.45) is 10.6 Å². The molecule has 0 aromatic heterocycles. The van der Waals surface area contributed by atoms with E-state index in [0.717, 1.165) is 24.2 Å². The Kier molecular flexibility index (Phi) is 2.07. The van der Waals surface area contributed by atoms with Crippen molar-refractivity contribution in [3.05, 3.63) is 35.4 Å². The molecule has 5 heteroatoms. The van der Waals surface area contributed by atoms with Gasteiger partial charge in [-0.05, 0) is 18.4 Å². The third-order valence-corrected chi connectivity index (χ3v) is 4.46. The first-order valence-corrected chi connectivity index (χ1v) is 6.60. The van der Waals surface area contributed by atoms with E-state index in [-0.39, 0.29) is 11.6 Å². The van der Waals surface area contributed by atoms with Crippen molar-refractivity contribution in [3.8, 4) is 0 Å². The van der Waals surface area contributed by atoms with Gasteiger partial charge in [-0.25, -0.2) is 5.01 Å². The summed E-state index contributed by atoms with van der Waals surface area (Å²) < 4.78 is 0. The van der Waals surface area contributed by atoms with E-state index in [9.17, 15) is 10.0 Å². The summed E-state index contributed by atoms with van der Waals surface area (Å²) >= 11 is 0. The van der Waals surface area contributed by atoms with Crippen molar-refractivity contribution in [2.75, 3.05) is 13.1 Å². The normalized spacial score (nSPS) is 26.4. The number of amides is 1. The minimum absolute atomic E-state index is 0.163. The number of rotatable bonds is 0. The van der Waals surface area contributed by atoms with Crippen LogP contribution in [0.25, 0.3) is 0 Å². The number of hydrogen-bond acceptors (Lipinski definition) is 4. The lowest BCUT2D eigenvalue weighted by Crippen LogP contribution is -2.42. The molecule has 0 bridgehead atoms. The number of carbonyl (C=O) groups is 1. The summed E-state index contributed by atoms with van der Waals surface area (Å²) in [6, 6.07) is 7.66. The maximum atomic E-state index is 12.5. The Morgan fingerprint density at radius 2 is 2.00 bits per heavy atom. The fraction of sp³-hybridized carbons (Fsp3) is 0.429. The minimum Gasteiger partial charge on any atom is -0.410 e. The molecular formula is C14H15N3O2. The molecule has 1 N–H and O–H groups in total. The van der Waals surface area contributed by atoms with Crippen LogP contribution in [0, 0.1) is 5.41 Å². The molecule has 3 aliphatic rings. The van der Waals surface area contributed by atoms with E-state index in [1.54, 1.807) is 5.01 Å². The highest BCUT2D eigenvalue weighted by Gasteiger charge is 2.54. The van der Waals surface area contributed by atoms with Crippen LogP contribution in [0.5, 0.6) is 0 Å². The number of oxime groups is 1. The molecule has 1 saturated heterocycles. The summed E-state index contributed by atoms with van der Waals surface area (Å²) in [4.78, 5) is 12.5. The van der Waals surface area contributed by atoms with Gasteiger partial charge in [0.1, 0.15) is 0 Å². The largest absolute Gasteiger partial charge is 0.410 e. The van der Waals surface area contributed by atoms with Crippen molar-refractivity contribution >= 4 is 11.6 Å². The predicted octanol–water partition coefficient (Wildman–Crippen LogP) is 1.22. The van der Waals surface area contributed by atoms with Gasteiger partial charge in [0.2, 0.25) is 0 Å². The van der Waals surface area contributed by atoms with Crippen molar-refractivity contribution in [3.63, 3.8) is 0 Å². The molecule has 1 aromatic rings. The van der Waals surface area contributed by atoms with Crippen LogP contribution in [-0.4, -0.2) is 39.9 Å². The standard InChI is InChI=1S/C14H15N3O2/c18-13-12(15-19)11-4-2-1-3-10(11)7-16-8-14(5-6-14)9-17(13)16/h1-4,19H,5-9H2. The maximum absolute atomic E-state index is 12.5. The third kappa shape index (κ3) is 1.51. The molecule has 5 nitrogen and oxygen atoms in total. The second-order valence-electron chi connectivity index (χ2n) is 5.79. The quantitative estimate of drug-likeness (QED) is 0.561. The first kappa shape index (κ1) is 11.0. The Balaban J connectivity index is 1.82. The van der Waals surface area contributed by atoms with Gasteiger partial charge in [0.15, 0.2) is 5.71 Å². The SMILES string of the molecule is O=C1C(=NO)c2ccccc2CN2CC3(CC3)CN12. The lowest BCUT2D eigenvalue weighted by molar-refractivity contribution is -0.136. The van der Waals surface area contributed by atoms with Gasteiger partial charge in [-0.15, -0.1) is 0 Å². The molecule has 2 aliphatic heterocycles. The van der Waals surface area contributed by atoms with E-state index in [0.29, 0.717) is 12.0 Å². The highest BCUT2D eigenvalue weighted by atomic mass is 16.4. The molecule has 19 heavy (non-hydrogen) atoms. The number of carbonyl (C=O) groups excluding carboxylic acids is 1. The van der Waals surface area contributed by atoms with Crippen LogP contribution in [0.2, 0.25) is 0 Å². The fourth-order valence-electron chi connectivity index (χ4n) is 3.19. The Hall–Kier alpha value is -1.88. The summed E-state index contributed by atoms with van der Waals surface area (Å²) in [5.41, 5.74) is 2.26. The van der Waals surface area contributed by atoms with Crippen LogP contribution in [0.1, 0.15) is 24.0 Å². The smallest absolute Gasteiger partial charge is 0.290 e. The second-order valence-corrected chi connectivity index (χ2v) is 5.79. The second kappa shape index (κ2) is 3.57. The van der Waals surface area contributed by atoms with Crippen LogP contribution < -0.4 is 0 Å². The molecule has 4 rings (SSSR count). The maximum Gasteiger partial charge on any atom is 0.290 e. The molecule has 0 atom stereocenters. The zero-order valence-corrected chi connectivity index (χ0v) is 10.5. The summed E-state index contributed by atoms with van der Waals surface area (Å²) in [6.45, 7) is 2.41. The van der Waals surface area contributed by atoms with E-state index in [2.05, 4.69) is 10.2 Å². The molecule has 1 saturated carbocycles. The Bertz CT molecular complexity index is 592. The predicted molar refractivity (Wildman–Crippen MR) is 68.6 cm³/mol. The lowest BCUT2D eigenvalue weighted by atomic mass is 10.0. The average molecular weight is 257 g/mol. The monoisotopic (exact) mass is 257 g/mol. The summed E-state index contributed by atoms with van der Waals surface area (Å²) in [5.74, 6) is -0.184. The lowest BCUT2D eigenvalue weighted by Gasteiger charge is -2.24. The summed E-state index contributed by atoms with van der Waals surface area (Å²) in [7, 11) is 0. The van der Waals surface area contributed by atoms with Crippen LogP contribution in [0.15, 0.2) is 29.4 Å². The van der Waals surface area contributed by atoms with E-state index >= 15 is 0 Å². The number of benzene rings is 1. The molecule has 2 heterocycles. The Labute approximate surface area is 111 Å². The van der Waals surface area contributed by atoms with E-state index < -0.39 is 0 Å². The van der Waals surface area contributed by atoms with Crippen LogP contribution >= 0.6 is 0 Å². The van der Waals surface area contributed by atoms with E-state index in [1.165, 1.54) is 12.8 Å². The number of hydrazine groups is 1. The molecule has 2 fully saturated rings. The van der Waals surface area contributed by atoms with Gasteiger partial charge >= 0.3 is 0 Å². The fourth-order valence-corrected chi connectivity index (χ4v) is 3.19. The number of hydrogen-bond donors (Lipinski definition) is 1. The first-order chi connectivity index (χ1) is 9.22. The van der Waals surface area contributed by atoms with Crippen molar-refractivity contribution in [1.82, 2.24) is 10.0 Å². The molecule has 1 aliphatic carbocycles. The highest BCUT2D eigenvalue weighted by Crippen LogP contribution is 2.51. The molecule has 1 aromatic carbocycles. The number of nitrogens with zero attached hydrogens (tertiary/aromatic N) is 3. The topological polar surface area (TPSA) is 56.1 Å². The Morgan fingerprint density at radius 1 is 1.21 bits per heavy atom. The van der Waals surface area contributed by atoms with E-state index in [4.69, 9.17) is 0 Å². The van der Waals surface area contributed by atoms with Gasteiger partial charge in [0, 0.05) is 30.6 Å². The summed E-state index contributed by atoms with van der Waals surface area (Å²) in [6.07, 6.45) is 2.39. The van der Waals surface area contributed by atoms with Crippen LogP contribution in [-0.2, 0) is 11.3 Å². The summed E-state index contributed by atoms with van der Waals surface area (Å²) in [5, 5.41) is 16.3. The molecule has 0 radical (unpaired) electrons. The third-order valence-electron chi connectivity index (χ3n) is 4.46.